The zero-order valence-electron chi connectivity index (χ0n) is 8.49. The maximum Gasteiger partial charge on any atom is 0.325 e. The van der Waals surface area contributed by atoms with Crippen LogP contribution in [0.1, 0.15) is 10.4 Å². The summed E-state index contributed by atoms with van der Waals surface area (Å²) in [5, 5.41) is 11.5. The summed E-state index contributed by atoms with van der Waals surface area (Å²) in [7, 11) is 1.18. The predicted molar refractivity (Wildman–Crippen MR) is 52.4 cm³/mol. The molecule has 6 heteroatoms. The monoisotopic (exact) mass is 227 g/mol. The SMILES string of the molecule is COC(=O)CNC(=O)c1ccc(F)cc1O. The number of benzene rings is 1. The van der Waals surface area contributed by atoms with Crippen molar-refractivity contribution in [3.63, 3.8) is 0 Å². The van der Waals surface area contributed by atoms with Crippen LogP contribution in [0.3, 0.4) is 0 Å². The number of methoxy groups -OCH3 is 1. The van der Waals surface area contributed by atoms with Gasteiger partial charge >= 0.3 is 5.97 Å². The van der Waals surface area contributed by atoms with Crippen LogP contribution < -0.4 is 5.32 Å². The van der Waals surface area contributed by atoms with Crippen LogP contribution >= 0.6 is 0 Å². The van der Waals surface area contributed by atoms with E-state index in [4.69, 9.17) is 0 Å². The van der Waals surface area contributed by atoms with Gasteiger partial charge in [0.25, 0.3) is 5.91 Å². The van der Waals surface area contributed by atoms with Crippen molar-refractivity contribution in [2.75, 3.05) is 13.7 Å². The van der Waals surface area contributed by atoms with Gasteiger partial charge in [-0.3, -0.25) is 9.59 Å². The maximum absolute atomic E-state index is 12.6. The number of amides is 1. The third-order valence-corrected chi connectivity index (χ3v) is 1.83. The van der Waals surface area contributed by atoms with Crippen LogP contribution in [0.4, 0.5) is 4.39 Å². The van der Waals surface area contributed by atoms with E-state index in [1.807, 2.05) is 0 Å². The Kier molecular flexibility index (Phi) is 3.82. The second-order valence-electron chi connectivity index (χ2n) is 2.92. The van der Waals surface area contributed by atoms with Crippen LogP contribution in [0, 0.1) is 5.82 Å². The molecule has 1 amide bonds. The van der Waals surface area contributed by atoms with Crippen molar-refractivity contribution in [3.8, 4) is 5.75 Å². The summed E-state index contributed by atoms with van der Waals surface area (Å²) in [4.78, 5) is 22.1. The first-order chi connectivity index (χ1) is 7.54. The standard InChI is InChI=1S/C10H10FNO4/c1-16-9(14)5-12-10(15)7-3-2-6(11)4-8(7)13/h2-4,13H,5H2,1H3,(H,12,15). The first-order valence-electron chi connectivity index (χ1n) is 4.38. The van der Waals surface area contributed by atoms with E-state index in [0.29, 0.717) is 0 Å². The fourth-order valence-electron chi connectivity index (χ4n) is 1.02. The molecule has 1 rings (SSSR count). The molecule has 0 bridgehead atoms. The Morgan fingerprint density at radius 3 is 2.75 bits per heavy atom. The van der Waals surface area contributed by atoms with Gasteiger partial charge in [-0.1, -0.05) is 0 Å². The zero-order chi connectivity index (χ0) is 12.1. The lowest BCUT2D eigenvalue weighted by atomic mass is 10.2. The van der Waals surface area contributed by atoms with Crippen molar-refractivity contribution >= 4 is 11.9 Å². The first kappa shape index (κ1) is 12.0. The lowest BCUT2D eigenvalue weighted by Gasteiger charge is -2.05. The van der Waals surface area contributed by atoms with Crippen molar-refractivity contribution < 1.29 is 23.8 Å². The van der Waals surface area contributed by atoms with Gasteiger partial charge in [-0.2, -0.15) is 0 Å². The van der Waals surface area contributed by atoms with Crippen molar-refractivity contribution in [1.82, 2.24) is 5.32 Å². The van der Waals surface area contributed by atoms with E-state index in [1.165, 1.54) is 7.11 Å². The molecule has 16 heavy (non-hydrogen) atoms. The number of rotatable bonds is 3. The zero-order valence-corrected chi connectivity index (χ0v) is 8.49. The topological polar surface area (TPSA) is 75.6 Å². The number of phenols is 1. The lowest BCUT2D eigenvalue weighted by Crippen LogP contribution is -2.30. The molecule has 1 aromatic rings. The fourth-order valence-corrected chi connectivity index (χ4v) is 1.02. The Hall–Kier alpha value is -2.11. The number of halogens is 1. The first-order valence-corrected chi connectivity index (χ1v) is 4.38. The Labute approximate surface area is 90.8 Å². The van der Waals surface area contributed by atoms with Crippen molar-refractivity contribution in [2.45, 2.75) is 0 Å². The highest BCUT2D eigenvalue weighted by Gasteiger charge is 2.12. The van der Waals surface area contributed by atoms with E-state index >= 15 is 0 Å². The van der Waals surface area contributed by atoms with Crippen LogP contribution in [0.25, 0.3) is 0 Å². The summed E-state index contributed by atoms with van der Waals surface area (Å²) >= 11 is 0. The summed E-state index contributed by atoms with van der Waals surface area (Å²) in [6, 6.07) is 2.97. The molecule has 0 saturated heterocycles. The number of ether oxygens (including phenoxy) is 1. The normalized spacial score (nSPS) is 9.62. The van der Waals surface area contributed by atoms with E-state index in [-0.39, 0.29) is 12.1 Å². The molecule has 0 unspecified atom stereocenters. The van der Waals surface area contributed by atoms with Gasteiger partial charge in [0, 0.05) is 6.07 Å². The Bertz CT molecular complexity index is 419. The minimum Gasteiger partial charge on any atom is -0.507 e. The highest BCUT2D eigenvalue weighted by Crippen LogP contribution is 2.17. The largest absolute Gasteiger partial charge is 0.507 e. The van der Waals surface area contributed by atoms with Crippen LogP contribution in [0.15, 0.2) is 18.2 Å². The smallest absolute Gasteiger partial charge is 0.325 e. The molecule has 86 valence electrons. The van der Waals surface area contributed by atoms with Gasteiger partial charge in [-0.15, -0.1) is 0 Å². The highest BCUT2D eigenvalue weighted by molar-refractivity contribution is 5.98. The number of nitrogens with one attached hydrogen (secondary N) is 1. The van der Waals surface area contributed by atoms with Gasteiger partial charge in [0.1, 0.15) is 18.1 Å². The molecule has 1 aromatic carbocycles. The molecule has 0 aliphatic carbocycles. The predicted octanol–water partition coefficient (Wildman–Crippen LogP) is 0.434. The number of aromatic hydroxyl groups is 1. The van der Waals surface area contributed by atoms with Gasteiger partial charge < -0.3 is 15.2 Å². The average Bonchev–Trinajstić information content (AvgIpc) is 2.25. The van der Waals surface area contributed by atoms with Gasteiger partial charge in [-0.05, 0) is 12.1 Å². The van der Waals surface area contributed by atoms with Crippen molar-refractivity contribution in [3.05, 3.63) is 29.6 Å². The maximum atomic E-state index is 12.6. The van der Waals surface area contributed by atoms with Crippen LogP contribution in [-0.4, -0.2) is 30.6 Å². The number of hydrogen-bond acceptors (Lipinski definition) is 4. The number of carbonyl (C=O) groups is 2. The molecule has 0 heterocycles. The molecular formula is C10H10FNO4. The molecule has 5 nitrogen and oxygen atoms in total. The molecule has 0 radical (unpaired) electrons. The number of carbonyl (C=O) groups excluding carboxylic acids is 2. The summed E-state index contributed by atoms with van der Waals surface area (Å²) < 4.78 is 16.9. The van der Waals surface area contributed by atoms with Gasteiger partial charge in [0.05, 0.1) is 12.7 Å². The summed E-state index contributed by atoms with van der Waals surface area (Å²) in [5.74, 6) is -2.43. The van der Waals surface area contributed by atoms with Crippen LogP contribution in [0.5, 0.6) is 5.75 Å². The highest BCUT2D eigenvalue weighted by atomic mass is 19.1. The second-order valence-corrected chi connectivity index (χ2v) is 2.92. The third kappa shape index (κ3) is 2.94. The molecule has 0 atom stereocenters. The van der Waals surface area contributed by atoms with Crippen LogP contribution in [0.2, 0.25) is 0 Å². The summed E-state index contributed by atoms with van der Waals surface area (Å²) in [6.45, 7) is -0.313. The molecule has 2 N–H and O–H groups in total. The molecule has 0 spiro atoms. The Morgan fingerprint density at radius 1 is 1.50 bits per heavy atom. The van der Waals surface area contributed by atoms with E-state index in [0.717, 1.165) is 18.2 Å². The Balaban J connectivity index is 2.70. The third-order valence-electron chi connectivity index (χ3n) is 1.83. The molecule has 0 fully saturated rings. The fraction of sp³-hybridized carbons (Fsp3) is 0.200. The van der Waals surface area contributed by atoms with E-state index in [9.17, 15) is 19.1 Å². The second kappa shape index (κ2) is 5.11. The lowest BCUT2D eigenvalue weighted by molar-refractivity contribution is -0.139. The Morgan fingerprint density at radius 2 is 2.19 bits per heavy atom. The molecule has 0 aromatic heterocycles. The van der Waals surface area contributed by atoms with Crippen LogP contribution in [-0.2, 0) is 9.53 Å². The number of hydrogen-bond donors (Lipinski definition) is 2. The van der Waals surface area contributed by atoms with E-state index in [2.05, 4.69) is 10.1 Å². The molecular weight excluding hydrogens is 217 g/mol. The number of esters is 1. The van der Waals surface area contributed by atoms with E-state index < -0.39 is 23.4 Å². The van der Waals surface area contributed by atoms with Gasteiger partial charge in [-0.25, -0.2) is 4.39 Å². The minimum atomic E-state index is -0.678. The summed E-state index contributed by atoms with van der Waals surface area (Å²) in [5.41, 5.74) is -0.106. The molecule has 0 saturated carbocycles. The summed E-state index contributed by atoms with van der Waals surface area (Å²) in [6.07, 6.45) is 0. The van der Waals surface area contributed by atoms with Gasteiger partial charge in [0.2, 0.25) is 0 Å². The van der Waals surface area contributed by atoms with Crippen molar-refractivity contribution in [1.29, 1.82) is 0 Å². The molecule has 0 aliphatic rings. The van der Waals surface area contributed by atoms with Crippen molar-refractivity contribution in [2.24, 2.45) is 0 Å². The molecule has 0 aliphatic heterocycles. The van der Waals surface area contributed by atoms with E-state index in [1.54, 1.807) is 0 Å². The van der Waals surface area contributed by atoms with Gasteiger partial charge in [0.15, 0.2) is 0 Å². The quantitative estimate of drug-likeness (QED) is 0.734. The minimum absolute atomic E-state index is 0.106. The number of phenolic OH excluding ortho intramolecular Hbond substituents is 1. The average molecular weight is 227 g/mol.